The number of hydrogen-bond acceptors (Lipinski definition) is 3. The van der Waals surface area contributed by atoms with Crippen molar-refractivity contribution < 1.29 is 8.42 Å². The highest BCUT2D eigenvalue weighted by Crippen LogP contribution is 2.22. The van der Waals surface area contributed by atoms with Crippen molar-refractivity contribution in [3.8, 4) is 0 Å². The summed E-state index contributed by atoms with van der Waals surface area (Å²) in [7, 11) is -0.229. The van der Waals surface area contributed by atoms with E-state index in [1.54, 1.807) is 26.2 Å². The molecular weight excluding hydrogens is 284 g/mol. The lowest BCUT2D eigenvalue weighted by Gasteiger charge is -2.22. The summed E-state index contributed by atoms with van der Waals surface area (Å²) in [6.45, 7) is 0. The Labute approximate surface area is 128 Å². The van der Waals surface area contributed by atoms with Crippen LogP contribution in [0.2, 0.25) is 0 Å². The predicted octanol–water partition coefficient (Wildman–Crippen LogP) is 3.46. The number of nitrogens with one attached hydrogen (secondary N) is 1. The zero-order valence-electron chi connectivity index (χ0n) is 13.0. The molecule has 0 bridgehead atoms. The largest absolute Gasteiger partial charge is 0.382 e. The topological polar surface area (TPSA) is 49.4 Å². The molecule has 1 aromatic carbocycles. The summed E-state index contributed by atoms with van der Waals surface area (Å²) in [4.78, 5) is 0.343. The molecule has 0 aromatic heterocycles. The lowest BCUT2D eigenvalue weighted by molar-refractivity contribution is 0.471. The summed E-state index contributed by atoms with van der Waals surface area (Å²) in [6, 6.07) is 7.62. The molecule has 118 valence electrons. The van der Waals surface area contributed by atoms with Gasteiger partial charge in [-0.15, -0.1) is 0 Å². The molecule has 1 N–H and O–H groups in total. The first-order valence-corrected chi connectivity index (χ1v) is 9.23. The fourth-order valence-electron chi connectivity index (χ4n) is 2.77. The molecular formula is C16H26N2O2S. The molecule has 0 saturated heterocycles. The molecule has 1 aliphatic carbocycles. The minimum atomic E-state index is -3.33. The second kappa shape index (κ2) is 7.27. The molecule has 0 radical (unpaired) electrons. The van der Waals surface area contributed by atoms with E-state index in [9.17, 15) is 8.42 Å². The minimum Gasteiger partial charge on any atom is -0.382 e. The number of benzene rings is 1. The summed E-state index contributed by atoms with van der Waals surface area (Å²) >= 11 is 0. The molecule has 0 aliphatic heterocycles. The van der Waals surface area contributed by atoms with Crippen LogP contribution in [0.15, 0.2) is 29.2 Å². The van der Waals surface area contributed by atoms with Crippen LogP contribution in [0.3, 0.4) is 0 Å². The Balaban J connectivity index is 2.02. The highest BCUT2D eigenvalue weighted by molar-refractivity contribution is 7.89. The zero-order chi connectivity index (χ0) is 15.3. The van der Waals surface area contributed by atoms with Crippen LogP contribution in [0.5, 0.6) is 0 Å². The Bertz CT molecular complexity index is 530. The minimum absolute atomic E-state index is 0.343. The Morgan fingerprint density at radius 1 is 0.952 bits per heavy atom. The summed E-state index contributed by atoms with van der Waals surface area (Å²) in [5, 5.41) is 3.55. The monoisotopic (exact) mass is 310 g/mol. The lowest BCUT2D eigenvalue weighted by atomic mass is 9.96. The van der Waals surface area contributed by atoms with Gasteiger partial charge in [0.25, 0.3) is 0 Å². The Morgan fingerprint density at radius 3 is 2.00 bits per heavy atom. The third-order valence-electron chi connectivity index (χ3n) is 4.11. The van der Waals surface area contributed by atoms with E-state index >= 15 is 0 Å². The highest BCUT2D eigenvalue weighted by Gasteiger charge is 2.17. The third-order valence-corrected chi connectivity index (χ3v) is 5.94. The summed E-state index contributed by atoms with van der Waals surface area (Å²) in [5.41, 5.74) is 1.01. The van der Waals surface area contributed by atoms with Gasteiger partial charge in [-0.3, -0.25) is 0 Å². The molecule has 1 aliphatic rings. The number of rotatable bonds is 4. The van der Waals surface area contributed by atoms with Crippen LogP contribution in [0, 0.1) is 0 Å². The third kappa shape index (κ3) is 4.45. The summed E-state index contributed by atoms with van der Waals surface area (Å²) in [5.74, 6) is 0. The van der Waals surface area contributed by atoms with Crippen LogP contribution in [-0.4, -0.2) is 32.9 Å². The maximum atomic E-state index is 12.0. The molecule has 21 heavy (non-hydrogen) atoms. The van der Waals surface area contributed by atoms with Crippen LogP contribution >= 0.6 is 0 Å². The van der Waals surface area contributed by atoms with Crippen molar-refractivity contribution in [2.45, 2.75) is 55.9 Å². The molecule has 1 saturated carbocycles. The number of sulfonamides is 1. The van der Waals surface area contributed by atoms with Crippen LogP contribution < -0.4 is 5.32 Å². The normalized spacial score (nSPS) is 18.2. The molecule has 0 spiro atoms. The second-order valence-corrected chi connectivity index (χ2v) is 8.15. The van der Waals surface area contributed by atoms with Crippen molar-refractivity contribution in [1.82, 2.24) is 4.31 Å². The first kappa shape index (κ1) is 16.3. The average molecular weight is 310 g/mol. The fourth-order valence-corrected chi connectivity index (χ4v) is 3.67. The SMILES string of the molecule is CN(C)S(=O)(=O)c1ccc(NC2CCCCCCC2)cc1. The Hall–Kier alpha value is -1.07. The van der Waals surface area contributed by atoms with Crippen LogP contribution in [0.1, 0.15) is 44.9 Å². The molecule has 0 unspecified atom stereocenters. The van der Waals surface area contributed by atoms with Gasteiger partial charge in [-0.05, 0) is 37.1 Å². The maximum absolute atomic E-state index is 12.0. The van der Waals surface area contributed by atoms with Gasteiger partial charge < -0.3 is 5.32 Å². The number of hydrogen-bond donors (Lipinski definition) is 1. The van der Waals surface area contributed by atoms with Crippen LogP contribution in [-0.2, 0) is 10.0 Å². The van der Waals surface area contributed by atoms with E-state index in [-0.39, 0.29) is 0 Å². The van der Waals surface area contributed by atoms with E-state index in [0.717, 1.165) is 5.69 Å². The van der Waals surface area contributed by atoms with E-state index in [4.69, 9.17) is 0 Å². The molecule has 1 aromatic rings. The molecule has 1 fully saturated rings. The first-order valence-electron chi connectivity index (χ1n) is 7.79. The number of anilines is 1. The van der Waals surface area contributed by atoms with Gasteiger partial charge in [0.2, 0.25) is 10.0 Å². The van der Waals surface area contributed by atoms with Crippen molar-refractivity contribution in [3.05, 3.63) is 24.3 Å². The first-order chi connectivity index (χ1) is 10.00. The van der Waals surface area contributed by atoms with E-state index in [0.29, 0.717) is 10.9 Å². The quantitative estimate of drug-likeness (QED) is 0.926. The van der Waals surface area contributed by atoms with Gasteiger partial charge in [0.1, 0.15) is 0 Å². The smallest absolute Gasteiger partial charge is 0.242 e. The molecule has 2 rings (SSSR count). The highest BCUT2D eigenvalue weighted by atomic mass is 32.2. The molecule has 4 nitrogen and oxygen atoms in total. The van der Waals surface area contributed by atoms with E-state index in [1.165, 1.54) is 49.3 Å². The zero-order valence-corrected chi connectivity index (χ0v) is 13.8. The van der Waals surface area contributed by atoms with Gasteiger partial charge in [0.15, 0.2) is 0 Å². The maximum Gasteiger partial charge on any atom is 0.242 e. The molecule has 0 amide bonds. The van der Waals surface area contributed by atoms with Gasteiger partial charge in [-0.2, -0.15) is 0 Å². The summed E-state index contributed by atoms with van der Waals surface area (Å²) in [6.07, 6.45) is 9.01. The summed E-state index contributed by atoms with van der Waals surface area (Å²) < 4.78 is 25.3. The van der Waals surface area contributed by atoms with Crippen molar-refractivity contribution in [1.29, 1.82) is 0 Å². The van der Waals surface area contributed by atoms with E-state index in [2.05, 4.69) is 5.32 Å². The van der Waals surface area contributed by atoms with Gasteiger partial charge in [0, 0.05) is 25.8 Å². The number of nitrogens with zero attached hydrogens (tertiary/aromatic N) is 1. The Morgan fingerprint density at radius 2 is 1.48 bits per heavy atom. The van der Waals surface area contributed by atoms with E-state index < -0.39 is 10.0 Å². The van der Waals surface area contributed by atoms with Crippen molar-refractivity contribution in [3.63, 3.8) is 0 Å². The predicted molar refractivity (Wildman–Crippen MR) is 87.0 cm³/mol. The van der Waals surface area contributed by atoms with Gasteiger partial charge in [0.05, 0.1) is 4.90 Å². The Kier molecular flexibility index (Phi) is 5.65. The molecule has 0 atom stereocenters. The van der Waals surface area contributed by atoms with Crippen molar-refractivity contribution >= 4 is 15.7 Å². The van der Waals surface area contributed by atoms with Gasteiger partial charge >= 0.3 is 0 Å². The van der Waals surface area contributed by atoms with Crippen molar-refractivity contribution in [2.75, 3.05) is 19.4 Å². The molecule has 0 heterocycles. The van der Waals surface area contributed by atoms with Gasteiger partial charge in [-0.25, -0.2) is 12.7 Å². The van der Waals surface area contributed by atoms with Crippen molar-refractivity contribution in [2.24, 2.45) is 0 Å². The van der Waals surface area contributed by atoms with Gasteiger partial charge in [-0.1, -0.05) is 32.1 Å². The second-order valence-electron chi connectivity index (χ2n) is 6.00. The molecule has 5 heteroatoms. The fraction of sp³-hybridized carbons (Fsp3) is 0.625. The lowest BCUT2D eigenvalue weighted by Crippen LogP contribution is -2.22. The standard InChI is InChI=1S/C16H26N2O2S/c1-18(2)21(19,20)16-12-10-15(11-13-16)17-14-8-6-4-3-5-7-9-14/h10-14,17H,3-9H2,1-2H3. The van der Waals surface area contributed by atoms with E-state index in [1.807, 2.05) is 12.1 Å². The average Bonchev–Trinajstić information content (AvgIpc) is 2.42. The van der Waals surface area contributed by atoms with Crippen LogP contribution in [0.25, 0.3) is 0 Å². The van der Waals surface area contributed by atoms with Crippen LogP contribution in [0.4, 0.5) is 5.69 Å².